The van der Waals surface area contributed by atoms with Gasteiger partial charge in [0.05, 0.1) is 12.2 Å². The molecule has 1 N–H and O–H groups in total. The molecule has 7 heteroatoms. The van der Waals surface area contributed by atoms with Crippen LogP contribution in [-0.2, 0) is 6.54 Å². The predicted molar refractivity (Wildman–Crippen MR) is 87.5 cm³/mol. The number of hydrogen-bond donors (Lipinski definition) is 1. The van der Waals surface area contributed by atoms with Gasteiger partial charge in [0.2, 0.25) is 0 Å². The van der Waals surface area contributed by atoms with E-state index in [1.807, 2.05) is 56.4 Å². The standard InChI is InChI=1S/C16H18N6O/c1-11-15(22-9-5-4-6-14(22)19-11)16(23)18-10-12-17-8-7-13(20-12)21(2)3/h4-9H,10H2,1-3H3,(H,18,23). The summed E-state index contributed by atoms with van der Waals surface area (Å²) in [5, 5.41) is 2.86. The number of nitrogens with one attached hydrogen (secondary N) is 1. The average molecular weight is 310 g/mol. The Balaban J connectivity index is 1.79. The molecule has 1 amide bonds. The van der Waals surface area contributed by atoms with E-state index < -0.39 is 0 Å². The molecule has 3 heterocycles. The Bertz CT molecular complexity index is 855. The molecule has 0 saturated heterocycles. The molecule has 3 aromatic rings. The lowest BCUT2D eigenvalue weighted by molar-refractivity contribution is 0.0943. The van der Waals surface area contributed by atoms with Gasteiger partial charge in [-0.1, -0.05) is 6.07 Å². The van der Waals surface area contributed by atoms with E-state index in [1.165, 1.54) is 0 Å². The second-order valence-corrected chi connectivity index (χ2v) is 5.38. The van der Waals surface area contributed by atoms with Crippen LogP contribution in [0.2, 0.25) is 0 Å². The zero-order valence-corrected chi connectivity index (χ0v) is 13.3. The molecule has 118 valence electrons. The molecule has 7 nitrogen and oxygen atoms in total. The van der Waals surface area contributed by atoms with Crippen molar-refractivity contribution >= 4 is 17.4 Å². The summed E-state index contributed by atoms with van der Waals surface area (Å²) in [5.41, 5.74) is 1.97. The van der Waals surface area contributed by atoms with Crippen LogP contribution in [0.4, 0.5) is 5.82 Å². The van der Waals surface area contributed by atoms with E-state index in [0.29, 0.717) is 17.2 Å². The lowest BCUT2D eigenvalue weighted by Gasteiger charge is -2.12. The number of hydrogen-bond acceptors (Lipinski definition) is 5. The van der Waals surface area contributed by atoms with Crippen LogP contribution in [0.25, 0.3) is 5.65 Å². The molecule has 0 bridgehead atoms. The number of aryl methyl sites for hydroxylation is 1. The van der Waals surface area contributed by atoms with E-state index in [9.17, 15) is 4.79 Å². The highest BCUT2D eigenvalue weighted by atomic mass is 16.1. The number of nitrogens with zero attached hydrogens (tertiary/aromatic N) is 5. The molecule has 0 aliphatic carbocycles. The van der Waals surface area contributed by atoms with Crippen LogP contribution in [0.1, 0.15) is 22.0 Å². The first-order chi connectivity index (χ1) is 11.1. The summed E-state index contributed by atoms with van der Waals surface area (Å²) in [4.78, 5) is 27.3. The molecular weight excluding hydrogens is 292 g/mol. The van der Waals surface area contributed by atoms with Crippen molar-refractivity contribution in [3.63, 3.8) is 0 Å². The van der Waals surface area contributed by atoms with Crippen molar-refractivity contribution in [2.75, 3.05) is 19.0 Å². The maximum atomic E-state index is 12.5. The molecule has 0 unspecified atom stereocenters. The summed E-state index contributed by atoms with van der Waals surface area (Å²) in [6, 6.07) is 7.45. The molecule has 0 aliphatic heterocycles. The second kappa shape index (κ2) is 6.04. The topological polar surface area (TPSA) is 75.4 Å². The SMILES string of the molecule is Cc1nc2ccccn2c1C(=O)NCc1nccc(N(C)C)n1. The van der Waals surface area contributed by atoms with Crippen molar-refractivity contribution in [2.45, 2.75) is 13.5 Å². The van der Waals surface area contributed by atoms with E-state index in [1.54, 1.807) is 10.6 Å². The van der Waals surface area contributed by atoms with Gasteiger partial charge in [-0.25, -0.2) is 15.0 Å². The third kappa shape index (κ3) is 2.98. The van der Waals surface area contributed by atoms with Gasteiger partial charge in [0, 0.05) is 26.5 Å². The quantitative estimate of drug-likeness (QED) is 0.789. The fourth-order valence-electron chi connectivity index (χ4n) is 2.35. The van der Waals surface area contributed by atoms with Crippen molar-refractivity contribution in [3.05, 3.63) is 53.9 Å². The van der Waals surface area contributed by atoms with Crippen LogP contribution in [0.15, 0.2) is 36.7 Å². The maximum Gasteiger partial charge on any atom is 0.270 e. The van der Waals surface area contributed by atoms with Gasteiger partial charge in [0.1, 0.15) is 23.0 Å². The van der Waals surface area contributed by atoms with Gasteiger partial charge >= 0.3 is 0 Å². The van der Waals surface area contributed by atoms with E-state index in [-0.39, 0.29) is 12.5 Å². The van der Waals surface area contributed by atoms with E-state index >= 15 is 0 Å². The Hall–Kier alpha value is -2.96. The Labute approximate surface area is 134 Å². The smallest absolute Gasteiger partial charge is 0.270 e. The van der Waals surface area contributed by atoms with Crippen molar-refractivity contribution < 1.29 is 4.79 Å². The summed E-state index contributed by atoms with van der Waals surface area (Å²) < 4.78 is 1.78. The van der Waals surface area contributed by atoms with E-state index in [2.05, 4.69) is 20.3 Å². The third-order valence-corrected chi connectivity index (χ3v) is 3.48. The fourth-order valence-corrected chi connectivity index (χ4v) is 2.35. The van der Waals surface area contributed by atoms with Gasteiger partial charge in [-0.15, -0.1) is 0 Å². The Morgan fingerprint density at radius 3 is 2.87 bits per heavy atom. The molecule has 3 rings (SSSR count). The van der Waals surface area contributed by atoms with Crippen LogP contribution < -0.4 is 10.2 Å². The summed E-state index contributed by atoms with van der Waals surface area (Å²) in [6.07, 6.45) is 3.51. The summed E-state index contributed by atoms with van der Waals surface area (Å²) in [7, 11) is 3.82. The number of imidazole rings is 1. The fraction of sp³-hybridized carbons (Fsp3) is 0.250. The van der Waals surface area contributed by atoms with Gasteiger partial charge in [-0.3, -0.25) is 9.20 Å². The number of amides is 1. The highest BCUT2D eigenvalue weighted by molar-refractivity contribution is 5.94. The first-order valence-electron chi connectivity index (χ1n) is 7.27. The average Bonchev–Trinajstić information content (AvgIpc) is 2.88. The predicted octanol–water partition coefficient (Wildman–Crippen LogP) is 1.43. The van der Waals surface area contributed by atoms with Crippen molar-refractivity contribution in [2.24, 2.45) is 0 Å². The molecule has 0 aliphatic rings. The zero-order valence-electron chi connectivity index (χ0n) is 13.3. The summed E-state index contributed by atoms with van der Waals surface area (Å²) in [5.74, 6) is 1.17. The van der Waals surface area contributed by atoms with E-state index in [4.69, 9.17) is 0 Å². The molecule has 0 fully saturated rings. The van der Waals surface area contributed by atoms with Crippen LogP contribution >= 0.6 is 0 Å². The highest BCUT2D eigenvalue weighted by Gasteiger charge is 2.16. The Morgan fingerprint density at radius 1 is 1.26 bits per heavy atom. The molecule has 0 saturated carbocycles. The van der Waals surface area contributed by atoms with E-state index in [0.717, 1.165) is 11.5 Å². The zero-order chi connectivity index (χ0) is 16.4. The first kappa shape index (κ1) is 15.0. The van der Waals surface area contributed by atoms with Gasteiger partial charge < -0.3 is 10.2 Å². The molecule has 3 aromatic heterocycles. The summed E-state index contributed by atoms with van der Waals surface area (Å²) >= 11 is 0. The van der Waals surface area contributed by atoms with Gasteiger partial charge in [-0.2, -0.15) is 0 Å². The first-order valence-corrected chi connectivity index (χ1v) is 7.27. The molecule has 0 atom stereocenters. The van der Waals surface area contributed by atoms with Crippen LogP contribution in [0.5, 0.6) is 0 Å². The Kier molecular flexibility index (Phi) is 3.92. The van der Waals surface area contributed by atoms with Crippen molar-refractivity contribution in [3.8, 4) is 0 Å². The number of anilines is 1. The lowest BCUT2D eigenvalue weighted by Crippen LogP contribution is -2.26. The van der Waals surface area contributed by atoms with Gasteiger partial charge in [0.15, 0.2) is 0 Å². The second-order valence-electron chi connectivity index (χ2n) is 5.38. The number of pyridine rings is 1. The van der Waals surface area contributed by atoms with Crippen LogP contribution in [0.3, 0.4) is 0 Å². The number of carbonyl (C=O) groups excluding carboxylic acids is 1. The van der Waals surface area contributed by atoms with Crippen LogP contribution in [0, 0.1) is 6.92 Å². The van der Waals surface area contributed by atoms with Crippen LogP contribution in [-0.4, -0.2) is 39.4 Å². The summed E-state index contributed by atoms with van der Waals surface area (Å²) in [6.45, 7) is 2.09. The third-order valence-electron chi connectivity index (χ3n) is 3.48. The van der Waals surface area contributed by atoms with Crippen molar-refractivity contribution in [1.29, 1.82) is 0 Å². The lowest BCUT2D eigenvalue weighted by atomic mass is 10.3. The highest BCUT2D eigenvalue weighted by Crippen LogP contribution is 2.12. The Morgan fingerprint density at radius 2 is 2.09 bits per heavy atom. The van der Waals surface area contributed by atoms with Gasteiger partial charge in [-0.05, 0) is 25.1 Å². The minimum Gasteiger partial charge on any atom is -0.363 e. The number of fused-ring (bicyclic) bond motifs is 1. The molecule has 23 heavy (non-hydrogen) atoms. The molecule has 0 radical (unpaired) electrons. The molecule has 0 aromatic carbocycles. The van der Waals surface area contributed by atoms with Gasteiger partial charge in [0.25, 0.3) is 5.91 Å². The normalized spacial score (nSPS) is 10.7. The van der Waals surface area contributed by atoms with Crippen molar-refractivity contribution in [1.82, 2.24) is 24.7 Å². The molecular formula is C16H18N6O. The minimum atomic E-state index is -0.194. The molecule has 0 spiro atoms. The number of rotatable bonds is 4. The minimum absolute atomic E-state index is 0.194. The monoisotopic (exact) mass is 310 g/mol. The maximum absolute atomic E-state index is 12.5. The number of carbonyl (C=O) groups is 1. The largest absolute Gasteiger partial charge is 0.363 e. The number of aromatic nitrogens is 4.